The molecule has 1 atom stereocenters. The van der Waals surface area contributed by atoms with Crippen LogP contribution < -0.4 is 0 Å². The Balaban J connectivity index is 1.23. The van der Waals surface area contributed by atoms with Gasteiger partial charge >= 0.3 is 0 Å². The largest absolute Gasteiger partial charge is 0.340 e. The highest BCUT2D eigenvalue weighted by molar-refractivity contribution is 5.77. The van der Waals surface area contributed by atoms with E-state index in [-0.39, 0.29) is 17.4 Å². The second kappa shape index (κ2) is 7.02. The summed E-state index contributed by atoms with van der Waals surface area (Å²) in [6, 6.07) is 5.83. The number of carbonyl (C=O) groups excluding carboxylic acids is 1. The lowest BCUT2D eigenvalue weighted by Gasteiger charge is -2.48. The molecular formula is C21H25N7O2. The van der Waals surface area contributed by atoms with Gasteiger partial charge in [-0.15, -0.1) is 0 Å². The second-order valence-electron chi connectivity index (χ2n) is 8.67. The van der Waals surface area contributed by atoms with Gasteiger partial charge in [0.1, 0.15) is 6.54 Å². The van der Waals surface area contributed by atoms with E-state index in [4.69, 9.17) is 4.52 Å². The topological polar surface area (TPSA) is 93.2 Å². The van der Waals surface area contributed by atoms with Crippen LogP contribution >= 0.6 is 0 Å². The van der Waals surface area contributed by atoms with Gasteiger partial charge < -0.3 is 9.42 Å². The monoisotopic (exact) mass is 407 g/mol. The molecule has 156 valence electrons. The van der Waals surface area contributed by atoms with Gasteiger partial charge in [0.25, 0.3) is 0 Å². The molecule has 0 aliphatic carbocycles. The van der Waals surface area contributed by atoms with Crippen LogP contribution in [0, 0.1) is 19.3 Å². The molecule has 0 saturated carbocycles. The minimum Gasteiger partial charge on any atom is -0.340 e. The van der Waals surface area contributed by atoms with Crippen molar-refractivity contribution in [2.45, 2.75) is 32.9 Å². The lowest BCUT2D eigenvalue weighted by atomic mass is 9.77. The van der Waals surface area contributed by atoms with Crippen molar-refractivity contribution >= 4 is 5.91 Å². The first kappa shape index (κ1) is 18.9. The summed E-state index contributed by atoms with van der Waals surface area (Å²) < 4.78 is 7.36. The molecule has 1 spiro atoms. The number of hydrogen-bond acceptors (Lipinski definition) is 7. The fraction of sp³-hybridized carbons (Fsp3) is 0.476. The summed E-state index contributed by atoms with van der Waals surface area (Å²) in [7, 11) is 2.08. The Bertz CT molecular complexity index is 1070. The molecule has 2 aliphatic rings. The summed E-state index contributed by atoms with van der Waals surface area (Å²) in [6.45, 7) is 6.65. The lowest BCUT2D eigenvalue weighted by molar-refractivity contribution is -0.143. The first-order chi connectivity index (χ1) is 14.4. The van der Waals surface area contributed by atoms with Crippen molar-refractivity contribution in [3.8, 4) is 11.4 Å². The van der Waals surface area contributed by atoms with E-state index in [1.807, 2.05) is 36.9 Å². The molecule has 5 rings (SSSR count). The quantitative estimate of drug-likeness (QED) is 0.651. The molecule has 1 amide bonds. The SMILES string of the molecule is Cc1cc(C)n(CC(=O)N2CC3(CC(c4nc(-c5cccnc5)no4)N(C)C3)C2)n1. The smallest absolute Gasteiger partial charge is 0.244 e. The van der Waals surface area contributed by atoms with E-state index in [1.54, 1.807) is 17.1 Å². The van der Waals surface area contributed by atoms with E-state index in [9.17, 15) is 4.79 Å². The minimum atomic E-state index is 0.0659. The zero-order valence-electron chi connectivity index (χ0n) is 17.4. The molecule has 1 unspecified atom stereocenters. The zero-order valence-corrected chi connectivity index (χ0v) is 17.4. The van der Waals surface area contributed by atoms with Gasteiger partial charge in [0.2, 0.25) is 17.6 Å². The summed E-state index contributed by atoms with van der Waals surface area (Å²) >= 11 is 0. The summed E-state index contributed by atoms with van der Waals surface area (Å²) in [5.74, 6) is 1.30. The zero-order chi connectivity index (χ0) is 20.9. The highest BCUT2D eigenvalue weighted by Gasteiger charge is 2.53. The average molecular weight is 407 g/mol. The van der Waals surface area contributed by atoms with Crippen LogP contribution in [0.1, 0.15) is 29.7 Å². The first-order valence-electron chi connectivity index (χ1n) is 10.2. The third-order valence-corrected chi connectivity index (χ3v) is 6.18. The van der Waals surface area contributed by atoms with E-state index in [0.29, 0.717) is 18.3 Å². The van der Waals surface area contributed by atoms with E-state index < -0.39 is 0 Å². The average Bonchev–Trinajstić information content (AvgIpc) is 3.39. The normalized spacial score (nSPS) is 20.6. The van der Waals surface area contributed by atoms with Gasteiger partial charge in [-0.05, 0) is 45.5 Å². The Labute approximate surface area is 174 Å². The van der Waals surface area contributed by atoms with Crippen LogP contribution in [0.3, 0.4) is 0 Å². The standard InChI is InChI=1S/C21H25N7O2/c1-14-7-15(2)28(24-14)10-18(29)27-12-21(13-27)8-17(26(3)11-21)20-23-19(25-30-20)16-5-4-6-22-9-16/h4-7,9,17H,8,10-13H2,1-3H3. The Morgan fingerprint density at radius 2 is 2.13 bits per heavy atom. The lowest BCUT2D eigenvalue weighted by Crippen LogP contribution is -2.60. The van der Waals surface area contributed by atoms with Crippen molar-refractivity contribution in [2.75, 3.05) is 26.7 Å². The van der Waals surface area contributed by atoms with E-state index in [1.165, 1.54) is 0 Å². The van der Waals surface area contributed by atoms with Crippen LogP contribution in [0.4, 0.5) is 0 Å². The van der Waals surface area contributed by atoms with Gasteiger partial charge in [-0.3, -0.25) is 19.4 Å². The molecule has 5 heterocycles. The summed E-state index contributed by atoms with van der Waals surface area (Å²) in [5.41, 5.74) is 2.88. The molecular weight excluding hydrogens is 382 g/mol. The third-order valence-electron chi connectivity index (χ3n) is 6.18. The molecule has 9 heteroatoms. The number of aryl methyl sites for hydroxylation is 2. The van der Waals surface area contributed by atoms with Crippen LogP contribution in [-0.4, -0.2) is 67.3 Å². The number of pyridine rings is 1. The highest BCUT2D eigenvalue weighted by Crippen LogP contribution is 2.47. The Morgan fingerprint density at radius 1 is 1.30 bits per heavy atom. The molecule has 3 aromatic heterocycles. The van der Waals surface area contributed by atoms with Gasteiger partial charge in [0.05, 0.1) is 11.7 Å². The van der Waals surface area contributed by atoms with E-state index in [2.05, 4.69) is 32.2 Å². The van der Waals surface area contributed by atoms with Crippen molar-refractivity contribution in [1.29, 1.82) is 0 Å². The summed E-state index contributed by atoms with van der Waals surface area (Å²) in [5, 5.41) is 8.53. The predicted octanol–water partition coefficient (Wildman–Crippen LogP) is 1.85. The molecule has 0 aromatic carbocycles. The first-order valence-corrected chi connectivity index (χ1v) is 10.2. The van der Waals surface area contributed by atoms with Crippen molar-refractivity contribution in [3.63, 3.8) is 0 Å². The van der Waals surface area contributed by atoms with Gasteiger partial charge in [-0.25, -0.2) is 0 Å². The van der Waals surface area contributed by atoms with Gasteiger partial charge in [0, 0.05) is 48.7 Å². The van der Waals surface area contributed by atoms with Crippen LogP contribution in [0.5, 0.6) is 0 Å². The van der Waals surface area contributed by atoms with Crippen molar-refractivity contribution < 1.29 is 9.32 Å². The van der Waals surface area contributed by atoms with Gasteiger partial charge in [0.15, 0.2) is 0 Å². The molecule has 30 heavy (non-hydrogen) atoms. The number of aromatic nitrogens is 5. The number of hydrogen-bond donors (Lipinski definition) is 0. The molecule has 2 fully saturated rings. The second-order valence-corrected chi connectivity index (χ2v) is 8.67. The van der Waals surface area contributed by atoms with Gasteiger partial charge in [-0.1, -0.05) is 5.16 Å². The molecule has 0 N–H and O–H groups in total. The van der Waals surface area contributed by atoms with Crippen molar-refractivity contribution in [1.82, 2.24) is 34.7 Å². The molecule has 0 radical (unpaired) electrons. The van der Waals surface area contributed by atoms with Crippen molar-refractivity contribution in [3.05, 3.63) is 47.9 Å². The van der Waals surface area contributed by atoms with Crippen LogP contribution in [0.2, 0.25) is 0 Å². The Kier molecular flexibility index (Phi) is 4.43. The maximum atomic E-state index is 12.7. The van der Waals surface area contributed by atoms with Crippen molar-refractivity contribution in [2.24, 2.45) is 5.41 Å². The molecule has 0 bridgehead atoms. The fourth-order valence-electron chi connectivity index (χ4n) is 4.76. The number of amides is 1. The van der Waals surface area contributed by atoms with Crippen LogP contribution in [0.25, 0.3) is 11.4 Å². The number of likely N-dealkylation sites (tertiary alicyclic amines) is 2. The van der Waals surface area contributed by atoms with E-state index >= 15 is 0 Å². The number of nitrogens with zero attached hydrogens (tertiary/aromatic N) is 7. The van der Waals surface area contributed by atoms with Gasteiger partial charge in [-0.2, -0.15) is 10.1 Å². The molecule has 2 saturated heterocycles. The molecule has 3 aromatic rings. The predicted molar refractivity (Wildman–Crippen MR) is 108 cm³/mol. The summed E-state index contributed by atoms with van der Waals surface area (Å²) in [4.78, 5) is 25.6. The minimum absolute atomic E-state index is 0.0659. The maximum Gasteiger partial charge on any atom is 0.244 e. The molecule has 9 nitrogen and oxygen atoms in total. The Hall–Kier alpha value is -3.07. The number of rotatable bonds is 4. The molecule has 2 aliphatic heterocycles. The Morgan fingerprint density at radius 3 is 2.83 bits per heavy atom. The number of carbonyl (C=O) groups is 1. The van der Waals surface area contributed by atoms with Crippen LogP contribution in [-0.2, 0) is 11.3 Å². The third kappa shape index (κ3) is 3.28. The fourth-order valence-corrected chi connectivity index (χ4v) is 4.76. The van der Waals surface area contributed by atoms with Crippen LogP contribution in [0.15, 0.2) is 35.1 Å². The highest BCUT2D eigenvalue weighted by atomic mass is 16.5. The summed E-state index contributed by atoms with van der Waals surface area (Å²) in [6.07, 6.45) is 4.35. The van der Waals surface area contributed by atoms with E-state index in [0.717, 1.165) is 43.0 Å². The maximum absolute atomic E-state index is 12.7.